The second kappa shape index (κ2) is 7.92. The van der Waals surface area contributed by atoms with Crippen molar-refractivity contribution in [3.8, 4) is 0 Å². The molecule has 0 spiro atoms. The van der Waals surface area contributed by atoms with Gasteiger partial charge in [0.25, 0.3) is 0 Å². The molecule has 1 aromatic carbocycles. The zero-order valence-corrected chi connectivity index (χ0v) is 14.1. The Balaban J connectivity index is 1.86. The number of rotatable bonds is 6. The molecule has 0 amide bonds. The fourth-order valence-electron chi connectivity index (χ4n) is 1.59. The van der Waals surface area contributed by atoms with Crippen LogP contribution in [0, 0.1) is 5.82 Å². The summed E-state index contributed by atoms with van der Waals surface area (Å²) in [4.78, 5) is 16.8. The number of hydrogen-bond donors (Lipinski definition) is 0. The Bertz CT molecular complexity index is 698. The summed E-state index contributed by atoms with van der Waals surface area (Å²) in [5.41, 5.74) is 0.556. The third kappa shape index (κ3) is 4.43. The van der Waals surface area contributed by atoms with E-state index in [4.69, 9.17) is 39.6 Å². The number of carbonyl (C=O) groups excluding carboxylic acids is 1. The summed E-state index contributed by atoms with van der Waals surface area (Å²) in [6, 6.07) is 5.84. The zero-order chi connectivity index (χ0) is 16.1. The number of ketones is 1. The molecule has 22 heavy (non-hydrogen) atoms. The van der Waals surface area contributed by atoms with Crippen LogP contribution in [0.5, 0.6) is 0 Å². The van der Waals surface area contributed by atoms with Crippen molar-refractivity contribution in [1.29, 1.82) is 0 Å². The maximum Gasteiger partial charge on any atom is 0.170 e. The number of halogens is 4. The van der Waals surface area contributed by atoms with Crippen LogP contribution in [0.2, 0.25) is 13.7 Å². The second-order valence-electron chi connectivity index (χ2n) is 4.13. The fourth-order valence-corrected chi connectivity index (χ4v) is 3.30. The van der Waals surface area contributed by atoms with Crippen LogP contribution >= 0.6 is 46.1 Å². The van der Waals surface area contributed by atoms with Crippen molar-refractivity contribution >= 4 is 58.1 Å². The maximum atomic E-state index is 13.5. The predicted molar refractivity (Wildman–Crippen MR) is 88.0 cm³/mol. The lowest BCUT2D eigenvalue weighted by molar-refractivity contribution is 0.0996. The molecule has 0 radical (unpaired) electrons. The zero-order valence-electron chi connectivity index (χ0n) is 11.0. The molecule has 0 unspecified atom stereocenters. The van der Waals surface area contributed by atoms with E-state index in [0.717, 1.165) is 11.3 Å². The van der Waals surface area contributed by atoms with Crippen LogP contribution < -0.4 is 0 Å². The first-order valence-corrected chi connectivity index (χ1v) is 7.98. The van der Waals surface area contributed by atoms with E-state index in [-0.39, 0.29) is 29.4 Å². The summed E-state index contributed by atoms with van der Waals surface area (Å²) in [7, 11) is 0. The molecule has 1 heterocycles. The van der Waals surface area contributed by atoms with E-state index in [1.165, 1.54) is 24.4 Å². The van der Waals surface area contributed by atoms with Gasteiger partial charge in [0.1, 0.15) is 16.8 Å². The molecule has 0 saturated heterocycles. The number of Topliss-reactive ketones (excluding diaryl/α,β-unsaturated/α-hetero) is 1. The SMILES string of the molecule is O=C(C/C=N/OCc1c(F)cccc1Cl)c1cc(Cl)sc1Cl. The average Bonchev–Trinajstić information content (AvgIpc) is 2.80. The molecule has 3 nitrogen and oxygen atoms in total. The molecular weight excluding hydrogens is 372 g/mol. The molecular formula is C14H9Cl3FNO2S. The van der Waals surface area contributed by atoms with Crippen LogP contribution in [0.4, 0.5) is 4.39 Å². The average molecular weight is 381 g/mol. The van der Waals surface area contributed by atoms with Crippen LogP contribution in [0.3, 0.4) is 0 Å². The molecule has 0 atom stereocenters. The van der Waals surface area contributed by atoms with Gasteiger partial charge in [0.2, 0.25) is 0 Å². The summed E-state index contributed by atoms with van der Waals surface area (Å²) in [5, 5.41) is 3.86. The highest BCUT2D eigenvalue weighted by Crippen LogP contribution is 2.31. The quantitative estimate of drug-likeness (QED) is 0.370. The van der Waals surface area contributed by atoms with Crippen molar-refractivity contribution in [2.45, 2.75) is 13.0 Å². The van der Waals surface area contributed by atoms with Gasteiger partial charge in [0.15, 0.2) is 5.78 Å². The smallest absolute Gasteiger partial charge is 0.170 e. The van der Waals surface area contributed by atoms with Crippen LogP contribution in [0.25, 0.3) is 0 Å². The van der Waals surface area contributed by atoms with Gasteiger partial charge in [-0.3, -0.25) is 4.79 Å². The van der Waals surface area contributed by atoms with E-state index < -0.39 is 5.82 Å². The summed E-state index contributed by atoms with van der Waals surface area (Å²) in [5.74, 6) is -0.706. The molecule has 0 N–H and O–H groups in total. The molecule has 1 aromatic heterocycles. The largest absolute Gasteiger partial charge is 0.391 e. The standard InChI is InChI=1S/C14H9Cl3FNO2S/c15-10-2-1-3-11(18)9(10)7-21-19-5-4-12(20)8-6-13(16)22-14(8)17/h1-3,5-6H,4,7H2/b19-5+. The lowest BCUT2D eigenvalue weighted by Crippen LogP contribution is -1.99. The van der Waals surface area contributed by atoms with Gasteiger partial charge in [0.05, 0.1) is 15.6 Å². The number of hydrogen-bond acceptors (Lipinski definition) is 4. The number of thiophene rings is 1. The molecule has 0 bridgehead atoms. The van der Waals surface area contributed by atoms with Gasteiger partial charge in [-0.25, -0.2) is 4.39 Å². The normalized spacial score (nSPS) is 11.1. The Morgan fingerprint density at radius 1 is 1.36 bits per heavy atom. The minimum Gasteiger partial charge on any atom is -0.391 e. The third-order valence-electron chi connectivity index (χ3n) is 2.65. The van der Waals surface area contributed by atoms with Crippen molar-refractivity contribution in [3.05, 3.63) is 54.9 Å². The Hall–Kier alpha value is -1.14. The highest BCUT2D eigenvalue weighted by molar-refractivity contribution is 7.20. The number of benzene rings is 1. The van der Waals surface area contributed by atoms with Gasteiger partial charge < -0.3 is 4.84 Å². The molecule has 0 aliphatic carbocycles. The molecule has 2 rings (SSSR count). The molecule has 8 heteroatoms. The van der Waals surface area contributed by atoms with Gasteiger partial charge in [-0.15, -0.1) is 11.3 Å². The Morgan fingerprint density at radius 2 is 2.14 bits per heavy atom. The van der Waals surface area contributed by atoms with E-state index in [0.29, 0.717) is 14.2 Å². The highest BCUT2D eigenvalue weighted by Gasteiger charge is 2.13. The Kier molecular flexibility index (Phi) is 6.20. The van der Waals surface area contributed by atoms with Gasteiger partial charge in [-0.2, -0.15) is 0 Å². The minimum absolute atomic E-state index is 0.00220. The van der Waals surface area contributed by atoms with Gasteiger partial charge >= 0.3 is 0 Å². The first-order chi connectivity index (χ1) is 10.5. The summed E-state index contributed by atoms with van der Waals surface area (Å²) in [6.45, 7) is -0.124. The van der Waals surface area contributed by atoms with E-state index >= 15 is 0 Å². The second-order valence-corrected chi connectivity index (χ2v) is 6.82. The number of oxime groups is 1. The molecule has 2 aromatic rings. The Labute approximate surface area is 145 Å². The first-order valence-electron chi connectivity index (χ1n) is 6.03. The molecule has 0 aliphatic heterocycles. The highest BCUT2D eigenvalue weighted by atomic mass is 35.5. The topological polar surface area (TPSA) is 38.7 Å². The van der Waals surface area contributed by atoms with Crippen molar-refractivity contribution in [2.75, 3.05) is 0 Å². The van der Waals surface area contributed by atoms with Crippen LogP contribution in [0.1, 0.15) is 22.3 Å². The predicted octanol–water partition coefficient (Wildman–Crippen LogP) is 5.62. The van der Waals surface area contributed by atoms with E-state index in [1.54, 1.807) is 6.07 Å². The maximum absolute atomic E-state index is 13.5. The molecule has 0 aliphatic rings. The van der Waals surface area contributed by atoms with Crippen molar-refractivity contribution in [3.63, 3.8) is 0 Å². The van der Waals surface area contributed by atoms with E-state index in [9.17, 15) is 9.18 Å². The summed E-state index contributed by atoms with van der Waals surface area (Å²) in [6.07, 6.45) is 1.27. The van der Waals surface area contributed by atoms with E-state index in [2.05, 4.69) is 5.16 Å². The number of nitrogens with zero attached hydrogens (tertiary/aromatic N) is 1. The summed E-state index contributed by atoms with van der Waals surface area (Å²) < 4.78 is 14.2. The van der Waals surface area contributed by atoms with Crippen LogP contribution in [-0.4, -0.2) is 12.0 Å². The molecule has 116 valence electrons. The Morgan fingerprint density at radius 3 is 2.77 bits per heavy atom. The number of carbonyl (C=O) groups is 1. The third-order valence-corrected chi connectivity index (χ3v) is 4.50. The molecule has 0 fully saturated rings. The van der Waals surface area contributed by atoms with Crippen molar-refractivity contribution in [1.82, 2.24) is 0 Å². The lowest BCUT2D eigenvalue weighted by atomic mass is 10.2. The van der Waals surface area contributed by atoms with Crippen molar-refractivity contribution < 1.29 is 14.0 Å². The molecule has 0 saturated carbocycles. The van der Waals surface area contributed by atoms with E-state index in [1.807, 2.05) is 0 Å². The monoisotopic (exact) mass is 379 g/mol. The van der Waals surface area contributed by atoms with Gasteiger partial charge in [-0.1, -0.05) is 46.0 Å². The summed E-state index contributed by atoms with van der Waals surface area (Å²) >= 11 is 18.6. The van der Waals surface area contributed by atoms with Gasteiger partial charge in [-0.05, 0) is 18.2 Å². The fraction of sp³-hybridized carbons (Fsp3) is 0.143. The minimum atomic E-state index is -0.474. The van der Waals surface area contributed by atoms with Crippen LogP contribution in [0.15, 0.2) is 29.4 Å². The van der Waals surface area contributed by atoms with Crippen molar-refractivity contribution in [2.24, 2.45) is 5.16 Å². The lowest BCUT2D eigenvalue weighted by Gasteiger charge is -2.03. The van der Waals surface area contributed by atoms with Gasteiger partial charge in [0, 0.05) is 17.5 Å². The van der Waals surface area contributed by atoms with Crippen LogP contribution in [-0.2, 0) is 11.4 Å². The first kappa shape index (κ1) is 17.2.